The van der Waals surface area contributed by atoms with Crippen LogP contribution in [0.25, 0.3) is 11.4 Å². The van der Waals surface area contributed by atoms with Crippen molar-refractivity contribution in [3.05, 3.63) is 53.1 Å². The van der Waals surface area contributed by atoms with Crippen LogP contribution in [0.15, 0.2) is 42.5 Å². The zero-order valence-electron chi connectivity index (χ0n) is 14.2. The van der Waals surface area contributed by atoms with Gasteiger partial charge in [-0.05, 0) is 35.5 Å². The molecule has 0 aliphatic carbocycles. The predicted octanol–water partition coefficient (Wildman–Crippen LogP) is 1.74. The van der Waals surface area contributed by atoms with Gasteiger partial charge < -0.3 is 15.8 Å². The molecule has 138 valence electrons. The highest BCUT2D eigenvalue weighted by Crippen LogP contribution is 2.27. The largest absolute Gasteiger partial charge is 0.495 e. The lowest BCUT2D eigenvalue weighted by Gasteiger charge is -2.07. The van der Waals surface area contributed by atoms with E-state index in [9.17, 15) is 9.59 Å². The maximum Gasteiger partial charge on any atom is 0.248 e. The van der Waals surface area contributed by atoms with Crippen LogP contribution in [0.1, 0.15) is 10.4 Å². The second kappa shape index (κ2) is 7.83. The van der Waals surface area contributed by atoms with Gasteiger partial charge in [-0.1, -0.05) is 23.7 Å². The van der Waals surface area contributed by atoms with Crippen LogP contribution in [-0.4, -0.2) is 39.1 Å². The van der Waals surface area contributed by atoms with Crippen molar-refractivity contribution < 1.29 is 14.3 Å². The highest BCUT2D eigenvalue weighted by atomic mass is 35.5. The van der Waals surface area contributed by atoms with E-state index in [4.69, 9.17) is 22.1 Å². The third-order valence-corrected chi connectivity index (χ3v) is 3.90. The molecule has 3 N–H and O–H groups in total. The first kappa shape index (κ1) is 18.3. The minimum Gasteiger partial charge on any atom is -0.495 e. The Labute approximate surface area is 159 Å². The number of halogens is 1. The second-order valence-electron chi connectivity index (χ2n) is 5.48. The molecule has 0 saturated carbocycles. The number of tetrazole rings is 1. The lowest BCUT2D eigenvalue weighted by Crippen LogP contribution is -2.20. The van der Waals surface area contributed by atoms with Crippen molar-refractivity contribution in [2.24, 2.45) is 5.73 Å². The summed E-state index contributed by atoms with van der Waals surface area (Å²) >= 11 is 6.03. The first-order valence-corrected chi connectivity index (χ1v) is 8.15. The summed E-state index contributed by atoms with van der Waals surface area (Å²) in [7, 11) is 1.51. The average molecular weight is 387 g/mol. The summed E-state index contributed by atoms with van der Waals surface area (Å²) in [5, 5.41) is 15.0. The Morgan fingerprint density at radius 3 is 2.59 bits per heavy atom. The fourth-order valence-electron chi connectivity index (χ4n) is 2.28. The molecule has 2 amide bonds. The van der Waals surface area contributed by atoms with Crippen molar-refractivity contribution in [1.29, 1.82) is 0 Å². The maximum atomic E-state index is 12.1. The van der Waals surface area contributed by atoms with Gasteiger partial charge in [0.2, 0.25) is 17.6 Å². The number of hydrogen-bond donors (Lipinski definition) is 2. The van der Waals surface area contributed by atoms with Crippen molar-refractivity contribution in [2.45, 2.75) is 6.54 Å². The van der Waals surface area contributed by atoms with E-state index in [1.165, 1.54) is 7.11 Å². The minimum absolute atomic E-state index is 0.129. The molecule has 0 saturated heterocycles. The summed E-state index contributed by atoms with van der Waals surface area (Å²) in [5.41, 5.74) is 6.75. The number of hydrogen-bond acceptors (Lipinski definition) is 6. The van der Waals surface area contributed by atoms with Gasteiger partial charge in [-0.3, -0.25) is 9.59 Å². The molecule has 0 bridgehead atoms. The van der Waals surface area contributed by atoms with Gasteiger partial charge in [0.05, 0.1) is 12.1 Å². The number of benzene rings is 2. The van der Waals surface area contributed by atoms with Crippen LogP contribution in [0, 0.1) is 0 Å². The number of ether oxygens (including phenoxy) is 1. The lowest BCUT2D eigenvalue weighted by atomic mass is 10.1. The van der Waals surface area contributed by atoms with Gasteiger partial charge in [0, 0.05) is 16.8 Å². The lowest BCUT2D eigenvalue weighted by molar-refractivity contribution is -0.117. The van der Waals surface area contributed by atoms with Crippen LogP contribution in [-0.2, 0) is 11.3 Å². The molecule has 1 heterocycles. The first-order chi connectivity index (χ1) is 13.0. The van der Waals surface area contributed by atoms with Crippen LogP contribution < -0.4 is 15.8 Å². The van der Waals surface area contributed by atoms with Gasteiger partial charge in [0.1, 0.15) is 12.3 Å². The number of rotatable bonds is 6. The molecule has 2 aromatic carbocycles. The Kier molecular flexibility index (Phi) is 5.32. The van der Waals surface area contributed by atoms with Crippen LogP contribution in [0.4, 0.5) is 5.69 Å². The molecule has 0 aliphatic rings. The predicted molar refractivity (Wildman–Crippen MR) is 98.4 cm³/mol. The van der Waals surface area contributed by atoms with Gasteiger partial charge in [0.25, 0.3) is 0 Å². The first-order valence-electron chi connectivity index (χ1n) is 7.77. The normalized spacial score (nSPS) is 10.4. The molecule has 0 radical (unpaired) electrons. The Hall–Kier alpha value is -3.46. The fraction of sp³-hybridized carbons (Fsp3) is 0.118. The SMILES string of the molecule is COc1ccc(NC(=O)Cn2nnc(-c3ccc(C(N)=O)cc3)n2)cc1Cl. The van der Waals surface area contributed by atoms with Crippen molar-refractivity contribution in [2.75, 3.05) is 12.4 Å². The Balaban J connectivity index is 1.65. The van der Waals surface area contributed by atoms with Crippen LogP contribution in [0.2, 0.25) is 5.02 Å². The van der Waals surface area contributed by atoms with Gasteiger partial charge in [-0.15, -0.1) is 10.2 Å². The highest BCUT2D eigenvalue weighted by Gasteiger charge is 2.11. The van der Waals surface area contributed by atoms with Gasteiger partial charge in [0.15, 0.2) is 0 Å². The summed E-state index contributed by atoms with van der Waals surface area (Å²) in [6.45, 7) is -0.129. The van der Waals surface area contributed by atoms with Crippen LogP contribution >= 0.6 is 11.6 Å². The summed E-state index contributed by atoms with van der Waals surface area (Å²) in [6, 6.07) is 11.3. The van der Waals surface area contributed by atoms with E-state index in [-0.39, 0.29) is 12.5 Å². The number of nitrogens with two attached hydrogens (primary N) is 1. The smallest absolute Gasteiger partial charge is 0.248 e. The number of carbonyl (C=O) groups is 2. The molecule has 9 nitrogen and oxygen atoms in total. The van der Waals surface area contributed by atoms with Crippen LogP contribution in [0.3, 0.4) is 0 Å². The molecule has 0 unspecified atom stereocenters. The van der Waals surface area contributed by atoms with Crippen LogP contribution in [0.5, 0.6) is 5.75 Å². The molecular formula is C17H15ClN6O3. The molecule has 27 heavy (non-hydrogen) atoms. The quantitative estimate of drug-likeness (QED) is 0.664. The van der Waals surface area contributed by atoms with Crippen molar-refractivity contribution in [1.82, 2.24) is 20.2 Å². The third-order valence-electron chi connectivity index (χ3n) is 3.60. The van der Waals surface area contributed by atoms with E-state index in [2.05, 4.69) is 20.7 Å². The number of amides is 2. The Morgan fingerprint density at radius 1 is 1.22 bits per heavy atom. The van der Waals surface area contributed by atoms with Crippen molar-refractivity contribution >= 4 is 29.1 Å². The zero-order chi connectivity index (χ0) is 19.4. The molecule has 3 aromatic rings. The van der Waals surface area contributed by atoms with Gasteiger partial charge >= 0.3 is 0 Å². The molecule has 0 aliphatic heterocycles. The zero-order valence-corrected chi connectivity index (χ0v) is 15.0. The second-order valence-corrected chi connectivity index (χ2v) is 5.89. The highest BCUT2D eigenvalue weighted by molar-refractivity contribution is 6.32. The molecule has 0 atom stereocenters. The van der Waals surface area contributed by atoms with E-state index < -0.39 is 5.91 Å². The standard InChI is InChI=1S/C17H15ClN6O3/c1-27-14-7-6-12(8-13(14)18)20-15(25)9-24-22-17(21-23-24)11-4-2-10(3-5-11)16(19)26/h2-8H,9H2,1H3,(H2,19,26)(H,20,25). The maximum absolute atomic E-state index is 12.1. The Morgan fingerprint density at radius 2 is 1.96 bits per heavy atom. The third kappa shape index (κ3) is 4.39. The van der Waals surface area contributed by atoms with E-state index in [0.717, 1.165) is 4.80 Å². The average Bonchev–Trinajstić information content (AvgIpc) is 3.10. The molecule has 0 fully saturated rings. The molecule has 10 heteroatoms. The van der Waals surface area contributed by atoms with E-state index in [1.54, 1.807) is 42.5 Å². The number of aromatic nitrogens is 4. The summed E-state index contributed by atoms with van der Waals surface area (Å²) in [6.07, 6.45) is 0. The van der Waals surface area contributed by atoms with Crippen molar-refractivity contribution in [3.8, 4) is 17.1 Å². The number of primary amides is 1. The Bertz CT molecular complexity index is 987. The molecule has 0 spiro atoms. The van der Waals surface area contributed by atoms with E-state index >= 15 is 0 Å². The van der Waals surface area contributed by atoms with Crippen molar-refractivity contribution in [3.63, 3.8) is 0 Å². The monoisotopic (exact) mass is 386 g/mol. The number of nitrogens with one attached hydrogen (secondary N) is 1. The van der Waals surface area contributed by atoms with Gasteiger partial charge in [-0.2, -0.15) is 4.80 Å². The van der Waals surface area contributed by atoms with E-state index in [1.807, 2.05) is 0 Å². The number of methoxy groups -OCH3 is 1. The number of anilines is 1. The molecular weight excluding hydrogens is 372 g/mol. The van der Waals surface area contributed by atoms with E-state index in [0.29, 0.717) is 33.4 Å². The summed E-state index contributed by atoms with van der Waals surface area (Å²) in [4.78, 5) is 24.4. The molecule has 3 rings (SSSR count). The van der Waals surface area contributed by atoms with Gasteiger partial charge in [-0.25, -0.2) is 0 Å². The summed E-state index contributed by atoms with van der Waals surface area (Å²) < 4.78 is 5.06. The summed E-state index contributed by atoms with van der Waals surface area (Å²) in [5.74, 6) is -0.0244. The topological polar surface area (TPSA) is 125 Å². The molecule has 1 aromatic heterocycles. The number of nitrogens with zero attached hydrogens (tertiary/aromatic N) is 4. The number of carbonyl (C=O) groups excluding carboxylic acids is 2. The fourth-order valence-corrected chi connectivity index (χ4v) is 2.54. The minimum atomic E-state index is -0.520.